The van der Waals surface area contributed by atoms with Gasteiger partial charge in [0.15, 0.2) is 0 Å². The number of hydrogen-bond acceptors (Lipinski definition) is 2. The lowest BCUT2D eigenvalue weighted by Gasteiger charge is -2.12. The minimum absolute atomic E-state index is 1.00. The van der Waals surface area contributed by atoms with Crippen molar-refractivity contribution >= 4 is 34.2 Å². The van der Waals surface area contributed by atoms with E-state index in [1.807, 2.05) is 0 Å². The first kappa shape index (κ1) is 4.34. The van der Waals surface area contributed by atoms with Crippen LogP contribution in [0.3, 0.4) is 0 Å². The fourth-order valence-corrected chi connectivity index (χ4v) is 0.737. The van der Waals surface area contributed by atoms with Crippen molar-refractivity contribution in [2.75, 3.05) is 0 Å². The largest absolute Gasteiger partial charge is 0.0837 e. The Kier molecular flexibility index (Phi) is 0.979. The summed E-state index contributed by atoms with van der Waals surface area (Å²) >= 11 is 9.53. The zero-order chi connectivity index (χ0) is 4.57. The molecule has 0 nitrogen and oxygen atoms in total. The molecule has 1 rings (SSSR count). The van der Waals surface area contributed by atoms with Crippen molar-refractivity contribution in [2.24, 2.45) is 0 Å². The first-order valence-electron chi connectivity index (χ1n) is 1.87. The lowest BCUT2D eigenvalue weighted by molar-refractivity contribution is 1.14. The van der Waals surface area contributed by atoms with E-state index < -0.39 is 0 Å². The van der Waals surface area contributed by atoms with Crippen LogP contribution in [0.2, 0.25) is 0 Å². The maximum Gasteiger partial charge on any atom is 0.0295 e. The molecule has 0 heterocycles. The molecule has 0 aromatic heterocycles. The number of thiocarbonyl (C=S) groups is 2. The fourth-order valence-electron chi connectivity index (χ4n) is 0.329. The van der Waals surface area contributed by atoms with Crippen LogP contribution in [0, 0.1) is 0 Å². The van der Waals surface area contributed by atoms with Gasteiger partial charge in [0.05, 0.1) is 0 Å². The second-order valence-corrected chi connectivity index (χ2v) is 2.33. The quantitative estimate of drug-likeness (QED) is 0.440. The summed E-state index contributed by atoms with van der Waals surface area (Å²) in [5, 5.41) is 0. The number of rotatable bonds is 0. The Morgan fingerprint density at radius 1 is 1.00 bits per heavy atom. The maximum absolute atomic E-state index is 4.77. The van der Waals surface area contributed by atoms with E-state index in [1.165, 1.54) is 0 Å². The SMILES string of the molecule is S=C1CCC1=S. The third-order valence-electron chi connectivity index (χ3n) is 0.890. The molecule has 1 aliphatic carbocycles. The molecule has 0 aromatic rings. The third-order valence-corrected chi connectivity index (χ3v) is 1.92. The van der Waals surface area contributed by atoms with Gasteiger partial charge in [-0.05, 0) is 12.8 Å². The highest BCUT2D eigenvalue weighted by atomic mass is 32.1. The Balaban J connectivity index is 2.61. The minimum Gasteiger partial charge on any atom is -0.0837 e. The van der Waals surface area contributed by atoms with E-state index in [1.54, 1.807) is 0 Å². The Hall–Kier alpha value is 0.180. The van der Waals surface area contributed by atoms with Crippen molar-refractivity contribution in [3.05, 3.63) is 0 Å². The molecule has 0 N–H and O–H groups in total. The normalized spacial score (nSPS) is 20.7. The molecular formula is C4H4S2. The lowest BCUT2D eigenvalue weighted by Crippen LogP contribution is -2.20. The summed E-state index contributed by atoms with van der Waals surface area (Å²) in [7, 11) is 0. The molecule has 32 valence electrons. The van der Waals surface area contributed by atoms with Gasteiger partial charge < -0.3 is 0 Å². The van der Waals surface area contributed by atoms with E-state index in [4.69, 9.17) is 24.4 Å². The van der Waals surface area contributed by atoms with E-state index >= 15 is 0 Å². The number of hydrogen-bond donors (Lipinski definition) is 0. The van der Waals surface area contributed by atoms with Gasteiger partial charge in [0, 0.05) is 9.73 Å². The van der Waals surface area contributed by atoms with Crippen LogP contribution in [-0.4, -0.2) is 9.73 Å². The van der Waals surface area contributed by atoms with Crippen LogP contribution in [-0.2, 0) is 0 Å². The molecule has 2 heteroatoms. The molecule has 0 aliphatic heterocycles. The first-order valence-corrected chi connectivity index (χ1v) is 2.68. The molecule has 1 fully saturated rings. The van der Waals surface area contributed by atoms with Gasteiger partial charge in [-0.15, -0.1) is 0 Å². The standard InChI is InChI=1S/C4H4S2/c5-3-1-2-4(3)6/h1-2H2. The molecule has 0 atom stereocenters. The van der Waals surface area contributed by atoms with Gasteiger partial charge >= 0.3 is 0 Å². The molecule has 6 heavy (non-hydrogen) atoms. The third kappa shape index (κ3) is 0.502. The van der Waals surface area contributed by atoms with E-state index in [0.717, 1.165) is 22.6 Å². The van der Waals surface area contributed by atoms with Crippen LogP contribution in [0.4, 0.5) is 0 Å². The summed E-state index contributed by atoms with van der Waals surface area (Å²) < 4.78 is 0. The predicted octanol–water partition coefficient (Wildman–Crippen LogP) is 1.52. The molecule has 0 amide bonds. The zero-order valence-electron chi connectivity index (χ0n) is 3.23. The van der Waals surface area contributed by atoms with Crippen LogP contribution in [0.25, 0.3) is 0 Å². The van der Waals surface area contributed by atoms with Crippen molar-refractivity contribution in [3.63, 3.8) is 0 Å². The summed E-state index contributed by atoms with van der Waals surface area (Å²) in [5.74, 6) is 0. The first-order chi connectivity index (χ1) is 2.80. The van der Waals surface area contributed by atoms with Gasteiger partial charge in [-0.25, -0.2) is 0 Å². The van der Waals surface area contributed by atoms with Gasteiger partial charge in [0.2, 0.25) is 0 Å². The predicted molar refractivity (Wildman–Crippen MR) is 34.4 cm³/mol. The second kappa shape index (κ2) is 1.35. The van der Waals surface area contributed by atoms with Gasteiger partial charge in [0.1, 0.15) is 0 Å². The summed E-state index contributed by atoms with van der Waals surface area (Å²) in [6.07, 6.45) is 2.13. The molecule has 1 saturated carbocycles. The highest BCUT2D eigenvalue weighted by molar-refractivity contribution is 7.89. The molecule has 0 saturated heterocycles. The van der Waals surface area contributed by atoms with Crippen molar-refractivity contribution in [1.82, 2.24) is 0 Å². The van der Waals surface area contributed by atoms with Gasteiger partial charge in [-0.3, -0.25) is 0 Å². The monoisotopic (exact) mass is 116 g/mol. The van der Waals surface area contributed by atoms with Crippen LogP contribution in [0.15, 0.2) is 0 Å². The Bertz CT molecular complexity index is 90.1. The van der Waals surface area contributed by atoms with Crippen LogP contribution < -0.4 is 0 Å². The van der Waals surface area contributed by atoms with Crippen LogP contribution >= 0.6 is 24.4 Å². The molecule has 0 aromatic carbocycles. The van der Waals surface area contributed by atoms with Crippen molar-refractivity contribution < 1.29 is 0 Å². The van der Waals surface area contributed by atoms with Gasteiger partial charge in [-0.2, -0.15) is 0 Å². The maximum atomic E-state index is 4.77. The van der Waals surface area contributed by atoms with Crippen molar-refractivity contribution in [2.45, 2.75) is 12.8 Å². The summed E-state index contributed by atoms with van der Waals surface area (Å²) in [6.45, 7) is 0. The Morgan fingerprint density at radius 2 is 1.33 bits per heavy atom. The molecule has 0 radical (unpaired) electrons. The highest BCUT2D eigenvalue weighted by Gasteiger charge is 2.13. The summed E-state index contributed by atoms with van der Waals surface area (Å²) in [4.78, 5) is 2.01. The molecule has 1 aliphatic rings. The Labute approximate surface area is 47.5 Å². The highest BCUT2D eigenvalue weighted by Crippen LogP contribution is 2.11. The topological polar surface area (TPSA) is 0 Å². The average molecular weight is 116 g/mol. The fraction of sp³-hybridized carbons (Fsp3) is 0.500. The Morgan fingerprint density at radius 3 is 1.33 bits per heavy atom. The van der Waals surface area contributed by atoms with Crippen molar-refractivity contribution in [3.8, 4) is 0 Å². The lowest BCUT2D eigenvalue weighted by atomic mass is 10.0. The van der Waals surface area contributed by atoms with Gasteiger partial charge in [0.25, 0.3) is 0 Å². The van der Waals surface area contributed by atoms with E-state index in [-0.39, 0.29) is 0 Å². The van der Waals surface area contributed by atoms with E-state index in [9.17, 15) is 0 Å². The van der Waals surface area contributed by atoms with Crippen molar-refractivity contribution in [1.29, 1.82) is 0 Å². The molecular weight excluding hydrogens is 112 g/mol. The molecule has 0 bridgehead atoms. The molecule has 0 spiro atoms. The summed E-state index contributed by atoms with van der Waals surface area (Å²) in [6, 6.07) is 0. The molecule has 0 unspecified atom stereocenters. The zero-order valence-corrected chi connectivity index (χ0v) is 4.86. The average Bonchev–Trinajstić information content (AvgIpc) is 1.61. The smallest absolute Gasteiger partial charge is 0.0295 e. The van der Waals surface area contributed by atoms with Crippen LogP contribution in [0.5, 0.6) is 0 Å². The second-order valence-electron chi connectivity index (χ2n) is 1.35. The van der Waals surface area contributed by atoms with E-state index in [2.05, 4.69) is 0 Å². The summed E-state index contributed by atoms with van der Waals surface area (Å²) in [5.41, 5.74) is 0. The van der Waals surface area contributed by atoms with Gasteiger partial charge in [-0.1, -0.05) is 24.4 Å². The van der Waals surface area contributed by atoms with Crippen LogP contribution in [0.1, 0.15) is 12.8 Å². The van der Waals surface area contributed by atoms with E-state index in [0.29, 0.717) is 0 Å². The minimum atomic E-state index is 1.00.